The minimum atomic E-state index is -0.226. The molecule has 3 aromatic rings. The van der Waals surface area contributed by atoms with Gasteiger partial charge >= 0.3 is 0 Å². The van der Waals surface area contributed by atoms with E-state index < -0.39 is 0 Å². The second-order valence-electron chi connectivity index (χ2n) is 7.72. The number of pyridine rings is 1. The fraction of sp³-hybridized carbons (Fsp3) is 0.320. The maximum atomic E-state index is 13.1. The fourth-order valence-corrected chi connectivity index (χ4v) is 3.43. The first kappa shape index (κ1) is 20.1. The standard InChI is InChI=1S/C25H28FNO/c1-4-28-23-16-12-20(13-17-23)25(2,3)18-6-8-22-7-5-9-24(27-22)19-10-14-21(26)15-11-19/h5,7,9-17H,4,6,8,18H2,1-3H3. The quantitative estimate of drug-likeness (QED) is 0.442. The van der Waals surface area contributed by atoms with E-state index in [1.807, 2.05) is 31.2 Å². The third kappa shape index (κ3) is 5.19. The number of ether oxygens (including phenoxy) is 1. The number of hydrogen-bond acceptors (Lipinski definition) is 2. The predicted octanol–water partition coefficient (Wildman–Crippen LogP) is 6.59. The van der Waals surface area contributed by atoms with E-state index in [0.717, 1.165) is 42.0 Å². The molecule has 0 aliphatic carbocycles. The van der Waals surface area contributed by atoms with Crippen LogP contribution in [-0.2, 0) is 11.8 Å². The van der Waals surface area contributed by atoms with Gasteiger partial charge in [0.25, 0.3) is 0 Å². The van der Waals surface area contributed by atoms with E-state index in [0.29, 0.717) is 6.61 Å². The molecule has 0 fully saturated rings. The smallest absolute Gasteiger partial charge is 0.123 e. The summed E-state index contributed by atoms with van der Waals surface area (Å²) < 4.78 is 18.7. The Bertz CT molecular complexity index is 885. The summed E-state index contributed by atoms with van der Waals surface area (Å²) in [6, 6.07) is 21.0. The number of hydrogen-bond donors (Lipinski definition) is 0. The lowest BCUT2D eigenvalue weighted by Crippen LogP contribution is -2.17. The predicted molar refractivity (Wildman–Crippen MR) is 113 cm³/mol. The van der Waals surface area contributed by atoms with Gasteiger partial charge in [0.15, 0.2) is 0 Å². The number of aryl methyl sites for hydroxylation is 1. The van der Waals surface area contributed by atoms with Gasteiger partial charge in [0, 0.05) is 11.3 Å². The first-order valence-electron chi connectivity index (χ1n) is 9.93. The molecule has 1 aromatic heterocycles. The molecule has 3 heteroatoms. The van der Waals surface area contributed by atoms with Crippen molar-refractivity contribution in [2.24, 2.45) is 0 Å². The lowest BCUT2D eigenvalue weighted by atomic mass is 9.80. The molecule has 0 saturated carbocycles. The minimum absolute atomic E-state index is 0.0965. The summed E-state index contributed by atoms with van der Waals surface area (Å²) in [6.45, 7) is 7.25. The van der Waals surface area contributed by atoms with Crippen LogP contribution in [0.5, 0.6) is 5.75 Å². The van der Waals surface area contributed by atoms with E-state index in [-0.39, 0.29) is 11.2 Å². The highest BCUT2D eigenvalue weighted by Crippen LogP contribution is 2.30. The van der Waals surface area contributed by atoms with Gasteiger partial charge in [-0.1, -0.05) is 32.0 Å². The highest BCUT2D eigenvalue weighted by Gasteiger charge is 2.20. The molecule has 0 N–H and O–H groups in total. The third-order valence-corrected chi connectivity index (χ3v) is 5.13. The number of nitrogens with zero attached hydrogens (tertiary/aromatic N) is 1. The van der Waals surface area contributed by atoms with Crippen LogP contribution in [0.2, 0.25) is 0 Å². The molecule has 0 amide bonds. The molecule has 0 aliphatic heterocycles. The van der Waals surface area contributed by atoms with Crippen LogP contribution < -0.4 is 4.74 Å². The Balaban J connectivity index is 1.61. The number of aromatic nitrogens is 1. The zero-order chi connectivity index (χ0) is 20.0. The summed E-state index contributed by atoms with van der Waals surface area (Å²) in [6.07, 6.45) is 3.05. The molecular weight excluding hydrogens is 349 g/mol. The molecule has 0 atom stereocenters. The van der Waals surface area contributed by atoms with Crippen molar-refractivity contribution in [3.8, 4) is 17.0 Å². The first-order valence-corrected chi connectivity index (χ1v) is 9.93. The van der Waals surface area contributed by atoms with E-state index in [1.165, 1.54) is 17.7 Å². The van der Waals surface area contributed by atoms with Crippen molar-refractivity contribution >= 4 is 0 Å². The summed E-state index contributed by atoms with van der Waals surface area (Å²) in [5.74, 6) is 0.695. The van der Waals surface area contributed by atoms with Crippen molar-refractivity contribution in [3.05, 3.63) is 83.8 Å². The van der Waals surface area contributed by atoms with Gasteiger partial charge in [-0.2, -0.15) is 0 Å². The molecule has 28 heavy (non-hydrogen) atoms. The Morgan fingerprint density at radius 3 is 2.32 bits per heavy atom. The Morgan fingerprint density at radius 1 is 0.929 bits per heavy atom. The van der Waals surface area contributed by atoms with Crippen molar-refractivity contribution in [1.82, 2.24) is 4.98 Å². The summed E-state index contributed by atoms with van der Waals surface area (Å²) in [5, 5.41) is 0. The highest BCUT2D eigenvalue weighted by atomic mass is 19.1. The van der Waals surface area contributed by atoms with Gasteiger partial charge in [0.2, 0.25) is 0 Å². The molecule has 0 unspecified atom stereocenters. The number of benzene rings is 2. The molecule has 0 radical (unpaired) electrons. The lowest BCUT2D eigenvalue weighted by molar-refractivity contribution is 0.339. The van der Waals surface area contributed by atoms with Crippen LogP contribution >= 0.6 is 0 Å². The second-order valence-corrected chi connectivity index (χ2v) is 7.72. The van der Waals surface area contributed by atoms with Gasteiger partial charge in [0.05, 0.1) is 12.3 Å². The zero-order valence-corrected chi connectivity index (χ0v) is 16.9. The van der Waals surface area contributed by atoms with Gasteiger partial charge in [-0.05, 0) is 85.7 Å². The number of halogens is 1. The summed E-state index contributed by atoms with van der Waals surface area (Å²) in [5.41, 5.74) is 4.33. The van der Waals surface area contributed by atoms with Gasteiger partial charge < -0.3 is 4.74 Å². The average Bonchev–Trinajstić information content (AvgIpc) is 2.69. The van der Waals surface area contributed by atoms with Crippen LogP contribution in [0.3, 0.4) is 0 Å². The SMILES string of the molecule is CCOc1ccc(C(C)(C)CCCc2cccc(-c3ccc(F)cc3)n2)cc1. The average molecular weight is 378 g/mol. The fourth-order valence-electron chi connectivity index (χ4n) is 3.43. The maximum Gasteiger partial charge on any atom is 0.123 e. The molecule has 1 heterocycles. The summed E-state index contributed by atoms with van der Waals surface area (Å²) in [4.78, 5) is 4.76. The van der Waals surface area contributed by atoms with Crippen molar-refractivity contribution < 1.29 is 9.13 Å². The summed E-state index contributed by atoms with van der Waals surface area (Å²) >= 11 is 0. The molecular formula is C25H28FNO. The van der Waals surface area contributed by atoms with Crippen molar-refractivity contribution in [2.45, 2.75) is 45.4 Å². The molecule has 2 aromatic carbocycles. The van der Waals surface area contributed by atoms with Gasteiger partial charge in [-0.15, -0.1) is 0 Å². The van der Waals surface area contributed by atoms with E-state index in [4.69, 9.17) is 9.72 Å². The first-order chi connectivity index (χ1) is 13.5. The van der Waals surface area contributed by atoms with Gasteiger partial charge in [-0.25, -0.2) is 4.39 Å². The number of rotatable bonds is 8. The molecule has 0 saturated heterocycles. The largest absolute Gasteiger partial charge is 0.494 e. The Hall–Kier alpha value is -2.68. The van der Waals surface area contributed by atoms with Crippen LogP contribution in [0, 0.1) is 5.82 Å². The minimum Gasteiger partial charge on any atom is -0.494 e. The molecule has 0 spiro atoms. The van der Waals surface area contributed by atoms with Crippen LogP contribution in [0.4, 0.5) is 4.39 Å². The molecule has 2 nitrogen and oxygen atoms in total. The Morgan fingerprint density at radius 2 is 1.64 bits per heavy atom. The van der Waals surface area contributed by atoms with Crippen LogP contribution in [0.25, 0.3) is 11.3 Å². The van der Waals surface area contributed by atoms with Crippen molar-refractivity contribution in [1.29, 1.82) is 0 Å². The third-order valence-electron chi connectivity index (χ3n) is 5.13. The van der Waals surface area contributed by atoms with Crippen LogP contribution in [0.15, 0.2) is 66.7 Å². The Labute approximate surface area is 167 Å². The lowest BCUT2D eigenvalue weighted by Gasteiger charge is -2.25. The molecule has 3 rings (SSSR count). The van der Waals surface area contributed by atoms with E-state index >= 15 is 0 Å². The monoisotopic (exact) mass is 377 g/mol. The molecule has 0 aliphatic rings. The van der Waals surface area contributed by atoms with Gasteiger partial charge in [0.1, 0.15) is 11.6 Å². The topological polar surface area (TPSA) is 22.1 Å². The second kappa shape index (κ2) is 9.01. The molecule has 0 bridgehead atoms. The maximum absolute atomic E-state index is 13.1. The van der Waals surface area contributed by atoms with E-state index in [9.17, 15) is 4.39 Å². The Kier molecular flexibility index (Phi) is 6.45. The van der Waals surface area contributed by atoms with Crippen molar-refractivity contribution in [2.75, 3.05) is 6.61 Å². The van der Waals surface area contributed by atoms with Crippen LogP contribution in [0.1, 0.15) is 44.9 Å². The normalized spacial score (nSPS) is 11.4. The highest BCUT2D eigenvalue weighted by molar-refractivity contribution is 5.58. The van der Waals surface area contributed by atoms with Crippen LogP contribution in [-0.4, -0.2) is 11.6 Å². The van der Waals surface area contributed by atoms with Crippen molar-refractivity contribution in [3.63, 3.8) is 0 Å². The zero-order valence-electron chi connectivity index (χ0n) is 16.9. The summed E-state index contributed by atoms with van der Waals surface area (Å²) in [7, 11) is 0. The molecule has 146 valence electrons. The van der Waals surface area contributed by atoms with E-state index in [2.05, 4.69) is 32.0 Å². The van der Waals surface area contributed by atoms with Gasteiger partial charge in [-0.3, -0.25) is 4.98 Å². The van der Waals surface area contributed by atoms with E-state index in [1.54, 1.807) is 12.1 Å².